The molecule has 0 atom stereocenters. The summed E-state index contributed by atoms with van der Waals surface area (Å²) in [5.41, 5.74) is 0.561. The molecule has 104 valence electrons. The Bertz CT molecular complexity index is 612. The number of anilines is 1. The number of nitrogens with one attached hydrogen (secondary N) is 1. The third kappa shape index (κ3) is 3.39. The van der Waals surface area contributed by atoms with E-state index in [-0.39, 0.29) is 11.8 Å². The molecule has 0 unspecified atom stereocenters. The predicted octanol–water partition coefficient (Wildman–Crippen LogP) is 1.45. The molecule has 0 fully saturated rings. The minimum Gasteiger partial charge on any atom is -0.347 e. The second-order valence-electron chi connectivity index (χ2n) is 4.11. The molecule has 2 rings (SSSR count). The largest absolute Gasteiger partial charge is 0.347 e. The number of carbonyl (C=O) groups excluding carboxylic acids is 2. The SMILES string of the molecule is CC(=O)N(C)c1ncc(CNC(=O)c2ccncc2)s1. The van der Waals surface area contributed by atoms with Crippen molar-refractivity contribution >= 4 is 28.3 Å². The first-order valence-corrected chi connectivity index (χ1v) is 6.77. The lowest BCUT2D eigenvalue weighted by Crippen LogP contribution is -2.22. The molecule has 0 bridgehead atoms. The number of hydrogen-bond donors (Lipinski definition) is 1. The van der Waals surface area contributed by atoms with Crippen molar-refractivity contribution in [3.8, 4) is 0 Å². The highest BCUT2D eigenvalue weighted by molar-refractivity contribution is 7.15. The number of pyridine rings is 1. The van der Waals surface area contributed by atoms with E-state index in [9.17, 15) is 9.59 Å². The summed E-state index contributed by atoms with van der Waals surface area (Å²) in [6.07, 6.45) is 4.80. The van der Waals surface area contributed by atoms with Gasteiger partial charge in [0.15, 0.2) is 5.13 Å². The first kappa shape index (κ1) is 14.1. The van der Waals surface area contributed by atoms with Crippen molar-refractivity contribution in [3.05, 3.63) is 41.2 Å². The summed E-state index contributed by atoms with van der Waals surface area (Å²) >= 11 is 1.37. The quantitative estimate of drug-likeness (QED) is 0.924. The molecule has 2 aromatic rings. The Morgan fingerprint density at radius 1 is 1.35 bits per heavy atom. The van der Waals surface area contributed by atoms with Gasteiger partial charge in [-0.2, -0.15) is 0 Å². The van der Waals surface area contributed by atoms with Crippen LogP contribution in [0, 0.1) is 0 Å². The molecule has 0 aliphatic rings. The molecule has 20 heavy (non-hydrogen) atoms. The lowest BCUT2D eigenvalue weighted by Gasteiger charge is -2.09. The lowest BCUT2D eigenvalue weighted by molar-refractivity contribution is -0.116. The van der Waals surface area contributed by atoms with Crippen LogP contribution in [0.4, 0.5) is 5.13 Å². The summed E-state index contributed by atoms with van der Waals surface area (Å²) in [6, 6.07) is 3.30. The lowest BCUT2D eigenvalue weighted by atomic mass is 10.2. The zero-order valence-electron chi connectivity index (χ0n) is 11.2. The first-order chi connectivity index (χ1) is 9.58. The van der Waals surface area contributed by atoms with Gasteiger partial charge in [-0.05, 0) is 12.1 Å². The molecule has 2 amide bonds. The molecule has 0 aromatic carbocycles. The summed E-state index contributed by atoms with van der Waals surface area (Å²) in [5.74, 6) is -0.242. The van der Waals surface area contributed by atoms with E-state index < -0.39 is 0 Å². The number of amides is 2. The van der Waals surface area contributed by atoms with Crippen molar-refractivity contribution in [3.63, 3.8) is 0 Å². The number of aromatic nitrogens is 2. The summed E-state index contributed by atoms with van der Waals surface area (Å²) in [6.45, 7) is 1.86. The van der Waals surface area contributed by atoms with Crippen LogP contribution in [-0.4, -0.2) is 28.8 Å². The van der Waals surface area contributed by atoms with Crippen molar-refractivity contribution in [2.75, 3.05) is 11.9 Å². The predicted molar refractivity (Wildman–Crippen MR) is 76.6 cm³/mol. The fourth-order valence-electron chi connectivity index (χ4n) is 1.44. The maximum absolute atomic E-state index is 11.8. The van der Waals surface area contributed by atoms with Gasteiger partial charge < -0.3 is 5.32 Å². The Labute approximate surface area is 120 Å². The van der Waals surface area contributed by atoms with Gasteiger partial charge in [-0.15, -0.1) is 0 Å². The van der Waals surface area contributed by atoms with Gasteiger partial charge in [0.05, 0.1) is 6.54 Å². The maximum Gasteiger partial charge on any atom is 0.251 e. The van der Waals surface area contributed by atoms with Crippen molar-refractivity contribution < 1.29 is 9.59 Å². The van der Waals surface area contributed by atoms with Gasteiger partial charge in [0.1, 0.15) is 0 Å². The third-order valence-electron chi connectivity index (χ3n) is 2.67. The van der Waals surface area contributed by atoms with Gasteiger partial charge >= 0.3 is 0 Å². The molecule has 7 heteroatoms. The standard InChI is InChI=1S/C13H14N4O2S/c1-9(18)17(2)13-16-8-11(20-13)7-15-12(19)10-3-5-14-6-4-10/h3-6,8H,7H2,1-2H3,(H,15,19). The Morgan fingerprint density at radius 2 is 2.05 bits per heavy atom. The minimum atomic E-state index is -0.165. The highest BCUT2D eigenvalue weighted by atomic mass is 32.1. The van der Waals surface area contributed by atoms with E-state index in [0.717, 1.165) is 4.88 Å². The minimum absolute atomic E-state index is 0.0771. The fraction of sp³-hybridized carbons (Fsp3) is 0.231. The Kier molecular flexibility index (Phi) is 4.41. The molecule has 0 saturated carbocycles. The summed E-state index contributed by atoms with van der Waals surface area (Å²) < 4.78 is 0. The number of rotatable bonds is 4. The van der Waals surface area contributed by atoms with Gasteiger partial charge in [-0.25, -0.2) is 4.98 Å². The second-order valence-corrected chi connectivity index (χ2v) is 5.20. The Hall–Kier alpha value is -2.28. The van der Waals surface area contributed by atoms with Gasteiger partial charge in [-0.3, -0.25) is 19.5 Å². The van der Waals surface area contributed by atoms with Crippen LogP contribution < -0.4 is 10.2 Å². The highest BCUT2D eigenvalue weighted by Gasteiger charge is 2.11. The van der Waals surface area contributed by atoms with Crippen molar-refractivity contribution in [2.45, 2.75) is 13.5 Å². The topological polar surface area (TPSA) is 75.2 Å². The first-order valence-electron chi connectivity index (χ1n) is 5.95. The van der Waals surface area contributed by atoms with Gasteiger partial charge in [0.2, 0.25) is 5.91 Å². The monoisotopic (exact) mass is 290 g/mol. The van der Waals surface area contributed by atoms with Gasteiger partial charge in [0.25, 0.3) is 5.91 Å². The average Bonchev–Trinajstić information content (AvgIpc) is 2.93. The van der Waals surface area contributed by atoms with Crippen molar-refractivity contribution in [2.24, 2.45) is 0 Å². The van der Waals surface area contributed by atoms with E-state index in [2.05, 4.69) is 15.3 Å². The molecule has 6 nitrogen and oxygen atoms in total. The molecule has 0 saturated heterocycles. The maximum atomic E-state index is 11.8. The van der Waals surface area contributed by atoms with Crippen LogP contribution in [0.2, 0.25) is 0 Å². The van der Waals surface area contributed by atoms with Crippen molar-refractivity contribution in [1.82, 2.24) is 15.3 Å². The van der Waals surface area contributed by atoms with Crippen LogP contribution in [0.5, 0.6) is 0 Å². The number of hydrogen-bond acceptors (Lipinski definition) is 5. The zero-order valence-corrected chi connectivity index (χ0v) is 12.0. The van der Waals surface area contributed by atoms with Crippen LogP contribution in [-0.2, 0) is 11.3 Å². The van der Waals surface area contributed by atoms with E-state index in [1.807, 2.05) is 0 Å². The molecular weight excluding hydrogens is 276 g/mol. The molecule has 1 N–H and O–H groups in total. The van der Waals surface area contributed by atoms with E-state index in [4.69, 9.17) is 0 Å². The zero-order chi connectivity index (χ0) is 14.5. The molecule has 2 heterocycles. The van der Waals surface area contributed by atoms with Crippen LogP contribution in [0.25, 0.3) is 0 Å². The number of thiazole rings is 1. The van der Waals surface area contributed by atoms with E-state index >= 15 is 0 Å². The van der Waals surface area contributed by atoms with Gasteiger partial charge in [-0.1, -0.05) is 11.3 Å². The Morgan fingerprint density at radius 3 is 2.70 bits per heavy atom. The van der Waals surface area contributed by atoms with E-state index in [1.165, 1.54) is 23.2 Å². The van der Waals surface area contributed by atoms with Crippen LogP contribution in [0.1, 0.15) is 22.2 Å². The van der Waals surface area contributed by atoms with Gasteiger partial charge in [0, 0.05) is 43.0 Å². The van der Waals surface area contributed by atoms with Crippen molar-refractivity contribution in [1.29, 1.82) is 0 Å². The third-order valence-corrected chi connectivity index (χ3v) is 3.74. The van der Waals surface area contributed by atoms with Crippen LogP contribution >= 0.6 is 11.3 Å². The molecule has 2 aromatic heterocycles. The van der Waals surface area contributed by atoms with E-state index in [0.29, 0.717) is 17.2 Å². The van der Waals surface area contributed by atoms with Crippen LogP contribution in [0.15, 0.2) is 30.7 Å². The molecule has 0 spiro atoms. The summed E-state index contributed by atoms with van der Waals surface area (Å²) in [4.78, 5) is 33.4. The second kappa shape index (κ2) is 6.25. The summed E-state index contributed by atoms with van der Waals surface area (Å²) in [5, 5.41) is 3.41. The molecule has 0 aliphatic carbocycles. The summed E-state index contributed by atoms with van der Waals surface area (Å²) in [7, 11) is 1.67. The Balaban J connectivity index is 1.95. The molecule has 0 aliphatic heterocycles. The van der Waals surface area contributed by atoms with Crippen LogP contribution in [0.3, 0.4) is 0 Å². The van der Waals surface area contributed by atoms with E-state index in [1.54, 1.807) is 37.8 Å². The number of nitrogens with zero attached hydrogens (tertiary/aromatic N) is 3. The average molecular weight is 290 g/mol. The molecular formula is C13H14N4O2S. The highest BCUT2D eigenvalue weighted by Crippen LogP contribution is 2.21. The smallest absolute Gasteiger partial charge is 0.251 e. The number of carbonyl (C=O) groups is 2. The fourth-order valence-corrected chi connectivity index (χ4v) is 2.30. The molecule has 0 radical (unpaired) electrons. The normalized spacial score (nSPS) is 10.1.